The Kier molecular flexibility index (Phi) is 5.62. The minimum absolute atomic E-state index is 0.165. The zero-order valence-corrected chi connectivity index (χ0v) is 16.7. The third-order valence-electron chi connectivity index (χ3n) is 5.38. The summed E-state index contributed by atoms with van der Waals surface area (Å²) in [5.41, 5.74) is 2.41. The molecule has 0 atom stereocenters. The van der Waals surface area contributed by atoms with Crippen molar-refractivity contribution in [2.45, 2.75) is 29.1 Å². The number of nitrogens with zero attached hydrogens (tertiary/aromatic N) is 2. The summed E-state index contributed by atoms with van der Waals surface area (Å²) in [6.45, 7) is 3.68. The van der Waals surface area contributed by atoms with Crippen LogP contribution in [0, 0.1) is 5.92 Å². The van der Waals surface area contributed by atoms with Gasteiger partial charge in [0.05, 0.1) is 17.3 Å². The molecule has 0 aromatic heterocycles. The number of hydrogen-bond acceptors (Lipinski definition) is 4. The fraction of sp³-hybridized carbons (Fsp3) is 0.381. The lowest BCUT2D eigenvalue weighted by Crippen LogP contribution is -2.37. The molecule has 4 rings (SSSR count). The summed E-state index contributed by atoms with van der Waals surface area (Å²) in [7, 11) is 0. The maximum Gasteiger partial charge on any atom is 0.306 e. The second kappa shape index (κ2) is 8.13. The standard InChI is InChI=1S/C21H23ClN2O2S/c22-16-6-7-20-18(14-16)24(17-4-1-2-5-19(17)27-20)11-3-10-23-12-8-15(9-13-23)21(25)26/h1-2,4-7,14-15H,3,8-13H2,(H,25,26). The molecule has 2 aromatic carbocycles. The Hall–Kier alpha value is -1.69. The van der Waals surface area contributed by atoms with E-state index >= 15 is 0 Å². The summed E-state index contributed by atoms with van der Waals surface area (Å²) in [4.78, 5) is 18.4. The molecule has 6 heteroatoms. The molecule has 2 aliphatic rings. The maximum absolute atomic E-state index is 11.1. The number of carboxylic acids is 1. The SMILES string of the molecule is O=C(O)C1CCN(CCCN2c3ccccc3Sc3ccc(Cl)cc32)CC1. The van der Waals surface area contributed by atoms with E-state index in [1.165, 1.54) is 21.2 Å². The van der Waals surface area contributed by atoms with Crippen molar-refractivity contribution in [1.82, 2.24) is 4.90 Å². The smallest absolute Gasteiger partial charge is 0.306 e. The van der Waals surface area contributed by atoms with Crippen molar-refractivity contribution in [1.29, 1.82) is 0 Å². The lowest BCUT2D eigenvalue weighted by atomic mass is 9.97. The number of anilines is 2. The van der Waals surface area contributed by atoms with Crippen LogP contribution in [0.3, 0.4) is 0 Å². The summed E-state index contributed by atoms with van der Waals surface area (Å²) >= 11 is 8.06. The highest BCUT2D eigenvalue weighted by atomic mass is 35.5. The van der Waals surface area contributed by atoms with Gasteiger partial charge in [0, 0.05) is 21.4 Å². The van der Waals surface area contributed by atoms with Gasteiger partial charge in [-0.05, 0) is 69.2 Å². The number of rotatable bonds is 5. The van der Waals surface area contributed by atoms with Crippen LogP contribution in [0.1, 0.15) is 19.3 Å². The molecule has 4 nitrogen and oxygen atoms in total. The van der Waals surface area contributed by atoms with Crippen molar-refractivity contribution < 1.29 is 9.90 Å². The van der Waals surface area contributed by atoms with Gasteiger partial charge >= 0.3 is 5.97 Å². The molecular formula is C21H23ClN2O2S. The molecule has 0 amide bonds. The lowest BCUT2D eigenvalue weighted by Gasteiger charge is -2.34. The van der Waals surface area contributed by atoms with Gasteiger partial charge in [-0.25, -0.2) is 0 Å². The van der Waals surface area contributed by atoms with E-state index in [-0.39, 0.29) is 5.92 Å². The van der Waals surface area contributed by atoms with Gasteiger partial charge in [-0.3, -0.25) is 4.79 Å². The molecule has 0 bridgehead atoms. The van der Waals surface area contributed by atoms with Gasteiger partial charge in [0.1, 0.15) is 0 Å². The van der Waals surface area contributed by atoms with Crippen molar-refractivity contribution >= 4 is 40.7 Å². The Morgan fingerprint density at radius 2 is 1.81 bits per heavy atom. The molecule has 27 heavy (non-hydrogen) atoms. The van der Waals surface area contributed by atoms with Crippen LogP contribution < -0.4 is 4.90 Å². The minimum Gasteiger partial charge on any atom is -0.481 e. The van der Waals surface area contributed by atoms with Crippen molar-refractivity contribution in [3.63, 3.8) is 0 Å². The van der Waals surface area contributed by atoms with Crippen molar-refractivity contribution in [3.05, 3.63) is 47.5 Å². The van der Waals surface area contributed by atoms with Crippen LogP contribution in [0.25, 0.3) is 0 Å². The Morgan fingerprint density at radius 3 is 2.59 bits per heavy atom. The Bertz CT molecular complexity index is 837. The number of carboxylic acid groups (broad SMARTS) is 1. The third kappa shape index (κ3) is 4.10. The highest BCUT2D eigenvalue weighted by molar-refractivity contribution is 7.99. The normalized spacial score (nSPS) is 17.4. The van der Waals surface area contributed by atoms with Crippen LogP contribution in [0.15, 0.2) is 52.3 Å². The molecule has 0 unspecified atom stereocenters. The Morgan fingerprint density at radius 1 is 1.07 bits per heavy atom. The first-order valence-corrected chi connectivity index (χ1v) is 10.6. The van der Waals surface area contributed by atoms with Crippen LogP contribution in [-0.4, -0.2) is 42.2 Å². The molecule has 0 spiro atoms. The number of carbonyl (C=O) groups is 1. The first kappa shape index (κ1) is 18.7. The van der Waals surface area contributed by atoms with Crippen molar-refractivity contribution in [2.75, 3.05) is 31.1 Å². The molecule has 0 radical (unpaired) electrons. The number of hydrogen-bond donors (Lipinski definition) is 1. The average Bonchev–Trinajstić information content (AvgIpc) is 2.68. The van der Waals surface area contributed by atoms with E-state index in [2.05, 4.69) is 46.2 Å². The average molecular weight is 403 g/mol. The minimum atomic E-state index is -0.648. The van der Waals surface area contributed by atoms with Gasteiger partial charge in [-0.1, -0.05) is 35.5 Å². The van der Waals surface area contributed by atoms with Crippen LogP contribution >= 0.6 is 23.4 Å². The van der Waals surface area contributed by atoms with Crippen LogP contribution in [-0.2, 0) is 4.79 Å². The summed E-state index contributed by atoms with van der Waals surface area (Å²) in [6.07, 6.45) is 2.55. The Labute approximate surface area is 169 Å². The van der Waals surface area contributed by atoms with E-state index in [1.807, 2.05) is 6.07 Å². The maximum atomic E-state index is 11.1. The van der Waals surface area contributed by atoms with Crippen molar-refractivity contribution in [2.24, 2.45) is 5.92 Å². The molecule has 0 saturated carbocycles. The first-order chi connectivity index (χ1) is 13.1. The molecule has 2 aromatic rings. The second-order valence-electron chi connectivity index (χ2n) is 7.14. The molecule has 0 aliphatic carbocycles. The monoisotopic (exact) mass is 402 g/mol. The third-order valence-corrected chi connectivity index (χ3v) is 6.75. The number of likely N-dealkylation sites (tertiary alicyclic amines) is 1. The van der Waals surface area contributed by atoms with E-state index in [1.54, 1.807) is 11.8 Å². The predicted octanol–water partition coefficient (Wildman–Crippen LogP) is 5.13. The zero-order chi connectivity index (χ0) is 18.8. The van der Waals surface area contributed by atoms with Gasteiger partial charge in [-0.15, -0.1) is 0 Å². The zero-order valence-electron chi connectivity index (χ0n) is 15.1. The van der Waals surface area contributed by atoms with Gasteiger partial charge in [0.15, 0.2) is 0 Å². The predicted molar refractivity (Wildman–Crippen MR) is 110 cm³/mol. The summed E-state index contributed by atoms with van der Waals surface area (Å²) < 4.78 is 0. The van der Waals surface area contributed by atoms with Crippen LogP contribution in [0.2, 0.25) is 5.02 Å². The summed E-state index contributed by atoms with van der Waals surface area (Å²) in [6, 6.07) is 14.6. The van der Waals surface area contributed by atoms with Gasteiger partial charge in [0.25, 0.3) is 0 Å². The van der Waals surface area contributed by atoms with E-state index in [4.69, 9.17) is 16.7 Å². The highest BCUT2D eigenvalue weighted by Crippen LogP contribution is 2.48. The largest absolute Gasteiger partial charge is 0.481 e. The van der Waals surface area contributed by atoms with E-state index in [0.29, 0.717) is 0 Å². The molecule has 1 N–H and O–H groups in total. The number of piperidine rings is 1. The Balaban J connectivity index is 1.43. The number of benzene rings is 2. The molecule has 2 aliphatic heterocycles. The molecule has 142 valence electrons. The fourth-order valence-electron chi connectivity index (χ4n) is 3.90. The van der Waals surface area contributed by atoms with Gasteiger partial charge in [0.2, 0.25) is 0 Å². The number of halogens is 1. The molecular weight excluding hydrogens is 380 g/mol. The van der Waals surface area contributed by atoms with E-state index < -0.39 is 5.97 Å². The van der Waals surface area contributed by atoms with E-state index in [0.717, 1.165) is 50.5 Å². The fourth-order valence-corrected chi connectivity index (χ4v) is 5.14. The van der Waals surface area contributed by atoms with Crippen molar-refractivity contribution in [3.8, 4) is 0 Å². The number of para-hydroxylation sites is 1. The number of aliphatic carboxylic acids is 1. The van der Waals surface area contributed by atoms with Crippen LogP contribution in [0.4, 0.5) is 11.4 Å². The lowest BCUT2D eigenvalue weighted by molar-refractivity contribution is -0.143. The molecule has 1 fully saturated rings. The highest BCUT2D eigenvalue weighted by Gasteiger charge is 2.26. The number of fused-ring (bicyclic) bond motifs is 2. The molecule has 1 saturated heterocycles. The first-order valence-electron chi connectivity index (χ1n) is 9.41. The molecule has 2 heterocycles. The summed E-state index contributed by atoms with van der Waals surface area (Å²) in [5.74, 6) is -0.813. The van der Waals surface area contributed by atoms with Gasteiger partial charge in [-0.2, -0.15) is 0 Å². The second-order valence-corrected chi connectivity index (χ2v) is 8.66. The van der Waals surface area contributed by atoms with Gasteiger partial charge < -0.3 is 14.9 Å². The van der Waals surface area contributed by atoms with Crippen LogP contribution in [0.5, 0.6) is 0 Å². The van der Waals surface area contributed by atoms with E-state index in [9.17, 15) is 4.79 Å². The quantitative estimate of drug-likeness (QED) is 0.751. The topological polar surface area (TPSA) is 43.8 Å². The summed E-state index contributed by atoms with van der Waals surface area (Å²) in [5, 5.41) is 9.90.